The van der Waals surface area contributed by atoms with E-state index in [0.717, 1.165) is 17.1 Å². The van der Waals surface area contributed by atoms with E-state index in [1.54, 1.807) is 0 Å². The number of hydrogen-bond donors (Lipinski definition) is 1. The van der Waals surface area contributed by atoms with E-state index in [1.807, 2.05) is 23.9 Å². The van der Waals surface area contributed by atoms with Crippen molar-refractivity contribution in [1.29, 1.82) is 0 Å². The molecule has 2 rings (SSSR count). The number of rotatable bonds is 1. The van der Waals surface area contributed by atoms with E-state index in [9.17, 15) is 5.11 Å². The van der Waals surface area contributed by atoms with Crippen LogP contribution in [0, 0.1) is 12.8 Å². The molecule has 1 aromatic carbocycles. The van der Waals surface area contributed by atoms with Crippen LogP contribution in [0.4, 0.5) is 0 Å². The minimum absolute atomic E-state index is 0.355. The molecule has 1 aliphatic rings. The monoisotopic (exact) mass is 208 g/mol. The van der Waals surface area contributed by atoms with Gasteiger partial charge in [-0.25, -0.2) is 0 Å². The molecule has 0 saturated carbocycles. The van der Waals surface area contributed by atoms with Crippen LogP contribution in [0.25, 0.3) is 0 Å². The fourth-order valence-electron chi connectivity index (χ4n) is 2.07. The number of hydrogen-bond acceptors (Lipinski definition) is 2. The quantitative estimate of drug-likeness (QED) is 0.765. The first-order valence-electron chi connectivity index (χ1n) is 5.01. The van der Waals surface area contributed by atoms with E-state index in [0.29, 0.717) is 5.92 Å². The SMILES string of the molecule is Cc1ccccc1C1(O)CSCC1C. The predicted molar refractivity (Wildman–Crippen MR) is 61.6 cm³/mol. The Labute approximate surface area is 89.5 Å². The first kappa shape index (κ1) is 10.1. The zero-order valence-electron chi connectivity index (χ0n) is 8.66. The normalized spacial score (nSPS) is 32.1. The third-order valence-corrected chi connectivity index (χ3v) is 4.50. The van der Waals surface area contributed by atoms with Gasteiger partial charge in [0.25, 0.3) is 0 Å². The van der Waals surface area contributed by atoms with Crippen molar-refractivity contribution in [1.82, 2.24) is 0 Å². The summed E-state index contributed by atoms with van der Waals surface area (Å²) in [4.78, 5) is 0. The largest absolute Gasteiger partial charge is 0.384 e. The molecule has 1 fully saturated rings. The molecule has 0 amide bonds. The summed E-state index contributed by atoms with van der Waals surface area (Å²) in [5.74, 6) is 2.25. The van der Waals surface area contributed by atoms with Crippen LogP contribution in [-0.2, 0) is 5.60 Å². The molecule has 1 aliphatic heterocycles. The molecule has 1 heterocycles. The van der Waals surface area contributed by atoms with Crippen molar-refractivity contribution in [2.45, 2.75) is 19.4 Å². The predicted octanol–water partition coefficient (Wildman–Crippen LogP) is 2.57. The summed E-state index contributed by atoms with van der Waals surface area (Å²) in [7, 11) is 0. The molecule has 0 aliphatic carbocycles. The lowest BCUT2D eigenvalue weighted by Crippen LogP contribution is -2.33. The summed E-state index contributed by atoms with van der Waals surface area (Å²) in [6.07, 6.45) is 0. The Bertz CT molecular complexity index is 337. The second-order valence-corrected chi connectivity index (χ2v) is 5.19. The van der Waals surface area contributed by atoms with Gasteiger partial charge in [0, 0.05) is 5.75 Å². The van der Waals surface area contributed by atoms with E-state index in [1.165, 1.54) is 5.56 Å². The third kappa shape index (κ3) is 1.47. The molecule has 0 spiro atoms. The smallest absolute Gasteiger partial charge is 0.102 e. The van der Waals surface area contributed by atoms with Gasteiger partial charge in [0.15, 0.2) is 0 Å². The van der Waals surface area contributed by atoms with Crippen LogP contribution < -0.4 is 0 Å². The highest BCUT2D eigenvalue weighted by Crippen LogP contribution is 2.42. The van der Waals surface area contributed by atoms with Gasteiger partial charge in [0.1, 0.15) is 5.60 Å². The Hall–Kier alpha value is -0.470. The van der Waals surface area contributed by atoms with Crippen molar-refractivity contribution in [2.24, 2.45) is 5.92 Å². The molecule has 0 radical (unpaired) electrons. The first-order chi connectivity index (χ1) is 6.64. The molecular formula is C12H16OS. The van der Waals surface area contributed by atoms with E-state index >= 15 is 0 Å². The topological polar surface area (TPSA) is 20.2 Å². The van der Waals surface area contributed by atoms with Crippen molar-refractivity contribution in [3.05, 3.63) is 35.4 Å². The van der Waals surface area contributed by atoms with Gasteiger partial charge in [-0.1, -0.05) is 31.2 Å². The van der Waals surface area contributed by atoms with Gasteiger partial charge < -0.3 is 5.11 Å². The summed E-state index contributed by atoms with van der Waals surface area (Å²) in [6, 6.07) is 8.16. The molecule has 1 saturated heterocycles. The summed E-state index contributed by atoms with van der Waals surface area (Å²) in [5.41, 5.74) is 1.71. The van der Waals surface area contributed by atoms with Gasteiger partial charge in [-0.3, -0.25) is 0 Å². The first-order valence-corrected chi connectivity index (χ1v) is 6.16. The van der Waals surface area contributed by atoms with Gasteiger partial charge >= 0.3 is 0 Å². The van der Waals surface area contributed by atoms with E-state index in [2.05, 4.69) is 26.0 Å². The van der Waals surface area contributed by atoms with Crippen LogP contribution in [0.1, 0.15) is 18.1 Å². The number of benzene rings is 1. The molecule has 0 bridgehead atoms. The maximum Gasteiger partial charge on any atom is 0.102 e. The molecule has 1 N–H and O–H groups in total. The number of aliphatic hydroxyl groups is 1. The molecule has 14 heavy (non-hydrogen) atoms. The second-order valence-electron chi connectivity index (χ2n) is 4.16. The Morgan fingerprint density at radius 2 is 2.14 bits per heavy atom. The molecule has 1 aromatic rings. The minimum Gasteiger partial charge on any atom is -0.384 e. The minimum atomic E-state index is -0.601. The van der Waals surface area contributed by atoms with Gasteiger partial charge in [0.2, 0.25) is 0 Å². The average molecular weight is 208 g/mol. The lowest BCUT2D eigenvalue weighted by atomic mass is 9.83. The lowest BCUT2D eigenvalue weighted by Gasteiger charge is -2.28. The second kappa shape index (κ2) is 3.59. The standard InChI is InChI=1S/C12H16OS/c1-9-5-3-4-6-11(9)12(13)8-14-7-10(12)2/h3-6,10,13H,7-8H2,1-2H3. The molecule has 76 valence electrons. The summed E-state index contributed by atoms with van der Waals surface area (Å²) < 4.78 is 0. The average Bonchev–Trinajstić information content (AvgIpc) is 2.49. The fourth-order valence-corrected chi connectivity index (χ4v) is 3.57. The van der Waals surface area contributed by atoms with Crippen LogP contribution in [-0.4, -0.2) is 16.6 Å². The summed E-state index contributed by atoms with van der Waals surface area (Å²) in [6.45, 7) is 4.20. The molecule has 0 aromatic heterocycles. The third-order valence-electron chi connectivity index (χ3n) is 3.12. The van der Waals surface area contributed by atoms with Crippen molar-refractivity contribution in [2.75, 3.05) is 11.5 Å². The van der Waals surface area contributed by atoms with Crippen molar-refractivity contribution in [3.8, 4) is 0 Å². The van der Waals surface area contributed by atoms with Crippen LogP contribution in [0.2, 0.25) is 0 Å². The maximum absolute atomic E-state index is 10.6. The zero-order valence-corrected chi connectivity index (χ0v) is 9.47. The van der Waals surface area contributed by atoms with Crippen LogP contribution in [0.5, 0.6) is 0 Å². The maximum atomic E-state index is 10.6. The highest BCUT2D eigenvalue weighted by atomic mass is 32.2. The Morgan fingerprint density at radius 3 is 2.71 bits per heavy atom. The molecular weight excluding hydrogens is 192 g/mol. The van der Waals surface area contributed by atoms with E-state index < -0.39 is 5.60 Å². The Morgan fingerprint density at radius 1 is 1.43 bits per heavy atom. The van der Waals surface area contributed by atoms with Crippen LogP contribution in [0.3, 0.4) is 0 Å². The Kier molecular flexibility index (Phi) is 2.58. The zero-order chi connectivity index (χ0) is 10.2. The lowest BCUT2D eigenvalue weighted by molar-refractivity contribution is 0.0229. The van der Waals surface area contributed by atoms with Crippen molar-refractivity contribution >= 4 is 11.8 Å². The molecule has 2 unspecified atom stereocenters. The van der Waals surface area contributed by atoms with E-state index in [-0.39, 0.29) is 0 Å². The highest BCUT2D eigenvalue weighted by Gasteiger charge is 2.40. The molecule has 2 atom stereocenters. The van der Waals surface area contributed by atoms with Gasteiger partial charge in [-0.05, 0) is 29.7 Å². The molecule has 2 heteroatoms. The number of aryl methyl sites for hydroxylation is 1. The van der Waals surface area contributed by atoms with Gasteiger partial charge in [0.05, 0.1) is 0 Å². The highest BCUT2D eigenvalue weighted by molar-refractivity contribution is 7.99. The van der Waals surface area contributed by atoms with Crippen molar-refractivity contribution < 1.29 is 5.11 Å². The number of thioether (sulfide) groups is 1. The fraction of sp³-hybridized carbons (Fsp3) is 0.500. The molecule has 1 nitrogen and oxygen atoms in total. The van der Waals surface area contributed by atoms with Gasteiger partial charge in [-0.2, -0.15) is 11.8 Å². The van der Waals surface area contributed by atoms with Gasteiger partial charge in [-0.15, -0.1) is 0 Å². The summed E-state index contributed by atoms with van der Waals surface area (Å²) in [5, 5.41) is 10.6. The van der Waals surface area contributed by atoms with Crippen LogP contribution in [0.15, 0.2) is 24.3 Å². The van der Waals surface area contributed by atoms with Crippen molar-refractivity contribution in [3.63, 3.8) is 0 Å². The van der Waals surface area contributed by atoms with E-state index in [4.69, 9.17) is 0 Å². The summed E-state index contributed by atoms with van der Waals surface area (Å²) >= 11 is 1.84. The Balaban J connectivity index is 2.43. The van der Waals surface area contributed by atoms with Crippen LogP contribution >= 0.6 is 11.8 Å².